The van der Waals surface area contributed by atoms with Crippen molar-refractivity contribution in [1.82, 2.24) is 0 Å². The summed E-state index contributed by atoms with van der Waals surface area (Å²) in [6.07, 6.45) is -2.43. The third kappa shape index (κ3) is 6.47. The van der Waals surface area contributed by atoms with Crippen LogP contribution in [0.4, 0.5) is 0 Å². The zero-order valence-electron chi connectivity index (χ0n) is 29.3. The SMILES string of the molecule is CO[C@H](CO)[C@@H]1O[C@@H](OCC[C@H](CC[C@@H](C)[C@H]2C(O)C(O)[C@@H]3[C@]2(C)CC[C@H]2[C@@]3(O)CC(O)C3CC(O)CC[C@@]32C)C(C)C)[C@H](O)[C@H]1O. The van der Waals surface area contributed by atoms with Crippen LogP contribution < -0.4 is 0 Å². The minimum absolute atomic E-state index is 0.0685. The van der Waals surface area contributed by atoms with E-state index in [1.807, 2.05) is 0 Å². The highest BCUT2D eigenvalue weighted by Crippen LogP contribution is 2.69. The normalized spacial score (nSPS) is 50.1. The number of ether oxygens (including phenoxy) is 3. The summed E-state index contributed by atoms with van der Waals surface area (Å²) in [5, 5.41) is 88.0. The van der Waals surface area contributed by atoms with Gasteiger partial charge in [-0.25, -0.2) is 0 Å². The second-order valence-corrected chi connectivity index (χ2v) is 17.0. The third-order valence-electron chi connectivity index (χ3n) is 14.3. The Morgan fingerprint density at radius 1 is 0.851 bits per heavy atom. The van der Waals surface area contributed by atoms with Gasteiger partial charge < -0.3 is 55.1 Å². The largest absolute Gasteiger partial charge is 0.394 e. The quantitative estimate of drug-likeness (QED) is 0.150. The summed E-state index contributed by atoms with van der Waals surface area (Å²) in [7, 11) is 1.41. The molecule has 4 saturated carbocycles. The molecule has 0 radical (unpaired) electrons. The van der Waals surface area contributed by atoms with Crippen molar-refractivity contribution in [3.8, 4) is 0 Å². The monoisotopic (exact) mass is 672 g/mol. The summed E-state index contributed by atoms with van der Waals surface area (Å²) in [4.78, 5) is 0. The number of hydrogen-bond acceptors (Lipinski definition) is 11. The Kier molecular flexibility index (Phi) is 11.5. The van der Waals surface area contributed by atoms with Crippen LogP contribution >= 0.6 is 0 Å². The maximum Gasteiger partial charge on any atom is 0.186 e. The first kappa shape index (κ1) is 37.8. The standard InChI is InChI=1S/C36H64O11/c1-18(2)20(11-14-46-33-30(43)28(41)31(47-33)24(17-37)45-6)8-7-19(3)26-27(40)29(42)32-35(26,5)13-10-25-34(4)12-9-21(38)15-22(34)23(39)16-36(25,32)44/h18-33,37-44H,7-17H2,1-6H3/t19-,20+,21?,22?,23?,24-,25-,26+,27?,28-,29?,30-,31+,32-,33-,34+,35-,36+/m1/s1. The molecule has 8 N–H and O–H groups in total. The molecule has 0 aromatic carbocycles. The lowest BCUT2D eigenvalue weighted by molar-refractivity contribution is -0.264. The molecule has 5 rings (SSSR count). The minimum Gasteiger partial charge on any atom is -0.394 e. The number of methoxy groups -OCH3 is 1. The van der Waals surface area contributed by atoms with Crippen LogP contribution in [0.5, 0.6) is 0 Å². The van der Waals surface area contributed by atoms with Crippen molar-refractivity contribution < 1.29 is 55.1 Å². The summed E-state index contributed by atoms with van der Waals surface area (Å²) < 4.78 is 16.8. The Morgan fingerprint density at radius 3 is 2.17 bits per heavy atom. The number of aliphatic hydroxyl groups is 8. The second kappa shape index (κ2) is 14.3. The molecule has 0 aromatic rings. The van der Waals surface area contributed by atoms with Crippen LogP contribution in [0.15, 0.2) is 0 Å². The van der Waals surface area contributed by atoms with Gasteiger partial charge in [-0.2, -0.15) is 0 Å². The Morgan fingerprint density at radius 2 is 1.53 bits per heavy atom. The van der Waals surface area contributed by atoms with Crippen molar-refractivity contribution in [3.63, 3.8) is 0 Å². The number of hydrogen-bond donors (Lipinski definition) is 8. The number of fused-ring (bicyclic) bond motifs is 5. The topological polar surface area (TPSA) is 190 Å². The first-order valence-corrected chi connectivity index (χ1v) is 18.3. The molecule has 0 aromatic heterocycles. The first-order valence-electron chi connectivity index (χ1n) is 18.3. The first-order chi connectivity index (χ1) is 22.0. The number of rotatable bonds is 12. The molecule has 274 valence electrons. The summed E-state index contributed by atoms with van der Waals surface area (Å²) in [5.41, 5.74) is -2.14. The van der Waals surface area contributed by atoms with Crippen LogP contribution in [0.1, 0.15) is 92.4 Å². The van der Waals surface area contributed by atoms with Crippen LogP contribution in [0, 0.1) is 52.3 Å². The Balaban J connectivity index is 1.23. The van der Waals surface area contributed by atoms with Gasteiger partial charge in [-0.15, -0.1) is 0 Å². The molecule has 1 saturated heterocycles. The molecule has 11 nitrogen and oxygen atoms in total. The van der Waals surface area contributed by atoms with E-state index in [9.17, 15) is 40.9 Å². The number of aliphatic hydroxyl groups excluding tert-OH is 7. The van der Waals surface area contributed by atoms with E-state index in [1.165, 1.54) is 7.11 Å². The van der Waals surface area contributed by atoms with Crippen molar-refractivity contribution >= 4 is 0 Å². The fourth-order valence-electron chi connectivity index (χ4n) is 11.7. The molecule has 5 aliphatic rings. The molecule has 0 spiro atoms. The maximum absolute atomic E-state index is 12.6. The van der Waals surface area contributed by atoms with Crippen LogP contribution in [0.2, 0.25) is 0 Å². The molecule has 5 fully saturated rings. The molecule has 1 heterocycles. The molecule has 18 atom stereocenters. The summed E-state index contributed by atoms with van der Waals surface area (Å²) in [6, 6.07) is 0. The minimum atomic E-state index is -1.30. The molecule has 0 bridgehead atoms. The van der Waals surface area contributed by atoms with Gasteiger partial charge in [-0.3, -0.25) is 0 Å². The van der Waals surface area contributed by atoms with Crippen molar-refractivity contribution in [2.75, 3.05) is 20.3 Å². The highest BCUT2D eigenvalue weighted by Gasteiger charge is 2.72. The van der Waals surface area contributed by atoms with Gasteiger partial charge in [0.05, 0.1) is 43.2 Å². The van der Waals surface area contributed by atoms with Gasteiger partial charge in [0.1, 0.15) is 24.4 Å². The Bertz CT molecular complexity index is 1040. The van der Waals surface area contributed by atoms with Gasteiger partial charge in [0.2, 0.25) is 0 Å². The van der Waals surface area contributed by atoms with Crippen LogP contribution in [-0.4, -0.2) is 122 Å². The molecule has 1 aliphatic heterocycles. The van der Waals surface area contributed by atoms with Crippen LogP contribution in [-0.2, 0) is 14.2 Å². The molecule has 5 unspecified atom stereocenters. The van der Waals surface area contributed by atoms with E-state index < -0.39 is 72.1 Å². The molecule has 47 heavy (non-hydrogen) atoms. The molecular formula is C36H64O11. The van der Waals surface area contributed by atoms with Crippen molar-refractivity contribution in [2.45, 2.75) is 153 Å². The van der Waals surface area contributed by atoms with Gasteiger partial charge >= 0.3 is 0 Å². The summed E-state index contributed by atoms with van der Waals surface area (Å²) in [6.45, 7) is 10.7. The zero-order valence-corrected chi connectivity index (χ0v) is 29.3. The lowest BCUT2D eigenvalue weighted by atomic mass is 9.42. The highest BCUT2D eigenvalue weighted by molar-refractivity contribution is 5.21. The highest BCUT2D eigenvalue weighted by atomic mass is 16.7. The Hall–Kier alpha value is -0.440. The molecular weight excluding hydrogens is 608 g/mol. The van der Waals surface area contributed by atoms with Gasteiger partial charge in [-0.05, 0) is 91.3 Å². The van der Waals surface area contributed by atoms with Gasteiger partial charge in [0.25, 0.3) is 0 Å². The van der Waals surface area contributed by atoms with E-state index in [0.717, 1.165) is 32.1 Å². The maximum atomic E-state index is 12.6. The van der Waals surface area contributed by atoms with Crippen molar-refractivity contribution in [1.29, 1.82) is 0 Å². The van der Waals surface area contributed by atoms with Crippen molar-refractivity contribution in [3.05, 3.63) is 0 Å². The van der Waals surface area contributed by atoms with E-state index in [0.29, 0.717) is 31.8 Å². The average molecular weight is 673 g/mol. The second-order valence-electron chi connectivity index (χ2n) is 17.0. The lowest BCUT2D eigenvalue weighted by Gasteiger charge is -2.65. The van der Waals surface area contributed by atoms with E-state index in [2.05, 4.69) is 34.6 Å². The predicted molar refractivity (Wildman–Crippen MR) is 173 cm³/mol. The van der Waals surface area contributed by atoms with Crippen LogP contribution in [0.3, 0.4) is 0 Å². The summed E-state index contributed by atoms with van der Waals surface area (Å²) in [5.74, 6) is -0.278. The van der Waals surface area contributed by atoms with E-state index in [1.54, 1.807) is 0 Å². The molecule has 0 amide bonds. The lowest BCUT2D eigenvalue weighted by Crippen LogP contribution is -2.68. The fourth-order valence-corrected chi connectivity index (χ4v) is 11.7. The van der Waals surface area contributed by atoms with Gasteiger partial charge in [-0.1, -0.05) is 41.0 Å². The third-order valence-corrected chi connectivity index (χ3v) is 14.3. The van der Waals surface area contributed by atoms with E-state index in [-0.39, 0.29) is 48.0 Å². The Labute approximate surface area is 280 Å². The summed E-state index contributed by atoms with van der Waals surface area (Å²) >= 11 is 0. The predicted octanol–water partition coefficient (Wildman–Crippen LogP) is 1.58. The van der Waals surface area contributed by atoms with E-state index >= 15 is 0 Å². The van der Waals surface area contributed by atoms with Gasteiger partial charge in [0.15, 0.2) is 6.29 Å². The van der Waals surface area contributed by atoms with E-state index in [4.69, 9.17) is 14.2 Å². The van der Waals surface area contributed by atoms with Gasteiger partial charge in [0, 0.05) is 19.4 Å². The fraction of sp³-hybridized carbons (Fsp3) is 1.00. The van der Waals surface area contributed by atoms with Crippen LogP contribution in [0.25, 0.3) is 0 Å². The average Bonchev–Trinajstić information content (AvgIpc) is 3.40. The molecule has 4 aliphatic carbocycles. The zero-order chi connectivity index (χ0) is 34.6. The molecule has 11 heteroatoms. The smallest absolute Gasteiger partial charge is 0.186 e. The van der Waals surface area contributed by atoms with Crippen molar-refractivity contribution in [2.24, 2.45) is 52.3 Å².